The first-order valence-electron chi connectivity index (χ1n) is 15.2. The van der Waals surface area contributed by atoms with Gasteiger partial charge in [-0.05, 0) is 77.2 Å². The van der Waals surface area contributed by atoms with Crippen LogP contribution in [0.4, 0.5) is 0 Å². The van der Waals surface area contributed by atoms with Crippen LogP contribution in [0.1, 0.15) is 99.5 Å². The van der Waals surface area contributed by atoms with E-state index in [4.69, 9.17) is 5.10 Å². The molecule has 0 spiro atoms. The van der Waals surface area contributed by atoms with Crippen LogP contribution in [0.15, 0.2) is 42.6 Å². The van der Waals surface area contributed by atoms with Crippen molar-refractivity contribution in [2.75, 3.05) is 32.7 Å². The molecule has 38 heavy (non-hydrogen) atoms. The summed E-state index contributed by atoms with van der Waals surface area (Å²) in [5.74, 6) is 0.164. The summed E-state index contributed by atoms with van der Waals surface area (Å²) >= 11 is 0. The van der Waals surface area contributed by atoms with Gasteiger partial charge in [-0.25, -0.2) is 4.52 Å². The van der Waals surface area contributed by atoms with E-state index in [-0.39, 0.29) is 5.91 Å². The van der Waals surface area contributed by atoms with Gasteiger partial charge < -0.3 is 9.80 Å². The quantitative estimate of drug-likeness (QED) is 0.208. The molecule has 206 valence electrons. The van der Waals surface area contributed by atoms with Crippen LogP contribution < -0.4 is 0 Å². The fraction of sp³-hybridized carbons (Fsp3) is 0.576. The fourth-order valence-electron chi connectivity index (χ4n) is 5.68. The zero-order valence-corrected chi connectivity index (χ0v) is 24.1. The van der Waals surface area contributed by atoms with E-state index >= 15 is 0 Å². The average Bonchev–Trinajstić information content (AvgIpc) is 3.30. The Hall–Kier alpha value is -2.66. The molecule has 0 saturated carbocycles. The Morgan fingerprint density at radius 2 is 1.58 bits per heavy atom. The second-order valence-corrected chi connectivity index (χ2v) is 11.2. The highest BCUT2D eigenvalue weighted by Gasteiger charge is 2.20. The summed E-state index contributed by atoms with van der Waals surface area (Å²) in [5.41, 5.74) is 6.59. The molecule has 1 aromatic carbocycles. The Morgan fingerprint density at radius 1 is 0.895 bits per heavy atom. The van der Waals surface area contributed by atoms with Crippen LogP contribution in [0.3, 0.4) is 0 Å². The van der Waals surface area contributed by atoms with Crippen LogP contribution in [0.2, 0.25) is 0 Å². The summed E-state index contributed by atoms with van der Waals surface area (Å²) in [6.45, 7) is 11.8. The summed E-state index contributed by atoms with van der Waals surface area (Å²) in [7, 11) is 0. The van der Waals surface area contributed by atoms with Crippen LogP contribution in [0.25, 0.3) is 16.8 Å². The number of benzene rings is 1. The lowest BCUT2D eigenvalue weighted by atomic mass is 10.0. The van der Waals surface area contributed by atoms with Crippen molar-refractivity contribution < 1.29 is 4.79 Å². The smallest absolute Gasteiger partial charge is 0.253 e. The number of hydrogen-bond donors (Lipinski definition) is 0. The molecule has 0 radical (unpaired) electrons. The van der Waals surface area contributed by atoms with Gasteiger partial charge >= 0.3 is 0 Å². The van der Waals surface area contributed by atoms with Gasteiger partial charge in [0.1, 0.15) is 0 Å². The minimum atomic E-state index is 0.164. The first-order valence-corrected chi connectivity index (χ1v) is 15.2. The molecule has 1 amide bonds. The average molecular weight is 517 g/mol. The SMILES string of the molecule is CCCCCN(CCCCC)C(=O)c1ccn2nc(-c3ccc(C)cc3)c(CCCN3CCCCC3)c2c1. The van der Waals surface area contributed by atoms with Gasteiger partial charge in [0.05, 0.1) is 11.2 Å². The monoisotopic (exact) mass is 516 g/mol. The second kappa shape index (κ2) is 14.5. The molecule has 1 aliphatic heterocycles. The number of likely N-dealkylation sites (tertiary alicyclic amines) is 1. The van der Waals surface area contributed by atoms with Crippen molar-refractivity contribution in [3.8, 4) is 11.3 Å². The summed E-state index contributed by atoms with van der Waals surface area (Å²) in [5, 5.41) is 5.02. The third-order valence-corrected chi connectivity index (χ3v) is 8.01. The third kappa shape index (κ3) is 7.47. The van der Waals surface area contributed by atoms with Crippen LogP contribution in [-0.2, 0) is 6.42 Å². The number of carbonyl (C=O) groups excluding carboxylic acids is 1. The van der Waals surface area contributed by atoms with Gasteiger partial charge in [-0.15, -0.1) is 0 Å². The minimum Gasteiger partial charge on any atom is -0.339 e. The van der Waals surface area contributed by atoms with Crippen molar-refractivity contribution in [3.05, 3.63) is 59.3 Å². The first kappa shape index (κ1) is 28.4. The van der Waals surface area contributed by atoms with Crippen molar-refractivity contribution >= 4 is 11.4 Å². The van der Waals surface area contributed by atoms with Gasteiger partial charge in [0.2, 0.25) is 0 Å². The third-order valence-electron chi connectivity index (χ3n) is 8.01. The molecule has 0 bridgehead atoms. The van der Waals surface area contributed by atoms with E-state index in [1.165, 1.54) is 69.2 Å². The highest BCUT2D eigenvalue weighted by molar-refractivity contribution is 5.95. The molecular weight excluding hydrogens is 468 g/mol. The second-order valence-electron chi connectivity index (χ2n) is 11.2. The molecule has 0 aliphatic carbocycles. The molecule has 1 fully saturated rings. The van der Waals surface area contributed by atoms with E-state index in [0.717, 1.165) is 67.7 Å². The number of nitrogens with zero attached hydrogens (tertiary/aromatic N) is 4. The number of fused-ring (bicyclic) bond motifs is 1. The largest absolute Gasteiger partial charge is 0.339 e. The Bertz CT molecular complexity index is 1130. The van der Waals surface area contributed by atoms with E-state index in [1.54, 1.807) is 0 Å². The number of rotatable bonds is 14. The Morgan fingerprint density at radius 3 is 2.24 bits per heavy atom. The lowest BCUT2D eigenvalue weighted by molar-refractivity contribution is 0.0749. The number of carbonyl (C=O) groups is 1. The van der Waals surface area contributed by atoms with E-state index in [0.29, 0.717) is 0 Å². The maximum absolute atomic E-state index is 13.7. The van der Waals surface area contributed by atoms with Crippen LogP contribution >= 0.6 is 0 Å². The Labute approximate surface area is 230 Å². The molecule has 1 aliphatic rings. The number of aromatic nitrogens is 2. The van der Waals surface area contributed by atoms with E-state index in [1.807, 2.05) is 16.8 Å². The molecule has 0 atom stereocenters. The van der Waals surface area contributed by atoms with Crippen LogP contribution in [0.5, 0.6) is 0 Å². The fourth-order valence-corrected chi connectivity index (χ4v) is 5.68. The van der Waals surface area contributed by atoms with Gasteiger partial charge in [0, 0.05) is 36.0 Å². The highest BCUT2D eigenvalue weighted by atomic mass is 16.2. The summed E-state index contributed by atoms with van der Waals surface area (Å²) in [4.78, 5) is 18.4. The predicted molar refractivity (Wildman–Crippen MR) is 159 cm³/mol. The summed E-state index contributed by atoms with van der Waals surface area (Å²) < 4.78 is 1.99. The number of aryl methyl sites for hydroxylation is 2. The molecule has 0 unspecified atom stereocenters. The number of piperidine rings is 1. The van der Waals surface area contributed by atoms with E-state index in [2.05, 4.69) is 60.9 Å². The molecule has 0 N–H and O–H groups in total. The van der Waals surface area contributed by atoms with E-state index < -0.39 is 0 Å². The van der Waals surface area contributed by atoms with Gasteiger partial charge in [0.15, 0.2) is 0 Å². The maximum Gasteiger partial charge on any atom is 0.253 e. The zero-order chi connectivity index (χ0) is 26.7. The van der Waals surface area contributed by atoms with Crippen molar-refractivity contribution in [1.82, 2.24) is 19.4 Å². The maximum atomic E-state index is 13.7. The normalized spacial score (nSPS) is 14.3. The van der Waals surface area contributed by atoms with Gasteiger partial charge in [0.25, 0.3) is 5.91 Å². The minimum absolute atomic E-state index is 0.164. The molecular formula is C33H48N4O. The molecule has 3 heterocycles. The van der Waals surface area contributed by atoms with Gasteiger partial charge in [-0.2, -0.15) is 5.10 Å². The molecule has 3 aromatic rings. The van der Waals surface area contributed by atoms with Crippen LogP contribution in [0, 0.1) is 6.92 Å². The number of pyridine rings is 1. The number of unbranched alkanes of at least 4 members (excludes halogenated alkanes) is 4. The standard InChI is InChI=1S/C33H48N4O/c1-4-6-9-23-36(24-10-7-5-2)33(38)29-19-25-37-31(26-29)30(14-13-22-35-20-11-8-12-21-35)32(34-37)28-17-15-27(3)16-18-28/h15-19,25-26H,4-14,20-24H2,1-3H3. The molecule has 5 heteroatoms. The molecule has 4 rings (SSSR count). The van der Waals surface area contributed by atoms with Crippen LogP contribution in [-0.4, -0.2) is 58.0 Å². The Kier molecular flexibility index (Phi) is 10.8. The lowest BCUT2D eigenvalue weighted by Gasteiger charge is -2.26. The highest BCUT2D eigenvalue weighted by Crippen LogP contribution is 2.29. The van der Waals surface area contributed by atoms with E-state index in [9.17, 15) is 4.79 Å². The molecule has 1 saturated heterocycles. The number of amides is 1. The van der Waals surface area contributed by atoms with Gasteiger partial charge in [-0.3, -0.25) is 4.79 Å². The summed E-state index contributed by atoms with van der Waals surface area (Å²) in [6, 6.07) is 12.8. The molecule has 5 nitrogen and oxygen atoms in total. The number of hydrogen-bond acceptors (Lipinski definition) is 3. The van der Waals surface area contributed by atoms with Gasteiger partial charge in [-0.1, -0.05) is 75.8 Å². The van der Waals surface area contributed by atoms with Crippen molar-refractivity contribution in [1.29, 1.82) is 0 Å². The van der Waals surface area contributed by atoms with Crippen molar-refractivity contribution in [2.24, 2.45) is 0 Å². The lowest BCUT2D eigenvalue weighted by Crippen LogP contribution is -2.33. The zero-order valence-electron chi connectivity index (χ0n) is 24.1. The predicted octanol–water partition coefficient (Wildman–Crippen LogP) is 7.55. The molecule has 2 aromatic heterocycles. The van der Waals surface area contributed by atoms with Crippen molar-refractivity contribution in [2.45, 2.75) is 91.4 Å². The summed E-state index contributed by atoms with van der Waals surface area (Å²) in [6.07, 6.45) is 14.9. The topological polar surface area (TPSA) is 40.9 Å². The first-order chi connectivity index (χ1) is 18.6. The Balaban J connectivity index is 1.61. The van der Waals surface area contributed by atoms with Crippen molar-refractivity contribution in [3.63, 3.8) is 0 Å².